The van der Waals surface area contributed by atoms with Crippen LogP contribution in [0.3, 0.4) is 0 Å². The molecule has 2 aromatic carbocycles. The summed E-state index contributed by atoms with van der Waals surface area (Å²) in [5.41, 5.74) is 2.60. The minimum Gasteiger partial charge on any atom is -0.354 e. The van der Waals surface area contributed by atoms with Crippen molar-refractivity contribution in [3.8, 4) is 0 Å². The van der Waals surface area contributed by atoms with Gasteiger partial charge >= 0.3 is 0 Å². The van der Waals surface area contributed by atoms with Gasteiger partial charge in [-0.3, -0.25) is 9.10 Å². The highest BCUT2D eigenvalue weighted by Gasteiger charge is 2.20. The van der Waals surface area contributed by atoms with Gasteiger partial charge in [-0.1, -0.05) is 35.9 Å². The number of sulfonamides is 1. The van der Waals surface area contributed by atoms with Crippen LogP contribution in [0.1, 0.15) is 17.5 Å². The molecule has 2 rings (SSSR count). The minimum atomic E-state index is -3.55. The summed E-state index contributed by atoms with van der Waals surface area (Å²) in [4.78, 5) is 12.2. The van der Waals surface area contributed by atoms with Gasteiger partial charge in [-0.15, -0.1) is 0 Å². The first-order valence-corrected chi connectivity index (χ1v) is 12.3. The molecule has 5 nitrogen and oxygen atoms in total. The van der Waals surface area contributed by atoms with Crippen molar-refractivity contribution in [1.82, 2.24) is 5.32 Å². The van der Waals surface area contributed by atoms with E-state index in [1.165, 1.54) is 5.56 Å². The number of nitrogens with zero attached hydrogens (tertiary/aromatic N) is 1. The maximum atomic E-state index is 12.2. The largest absolute Gasteiger partial charge is 0.354 e. The van der Waals surface area contributed by atoms with Gasteiger partial charge in [0.15, 0.2) is 0 Å². The van der Waals surface area contributed by atoms with Gasteiger partial charge in [-0.05, 0) is 54.5 Å². The smallest absolute Gasteiger partial charge is 0.240 e. The molecule has 0 fully saturated rings. The van der Waals surface area contributed by atoms with Crippen LogP contribution in [-0.2, 0) is 20.6 Å². The highest BCUT2D eigenvalue weighted by molar-refractivity contribution is 7.98. The standard InChI is InChI=1S/C20H25ClN2O3S2/c1-16-6-3-9-19(12-16)23(28(2,25)26)14-20(24)22-10-5-11-27-15-17-7-4-8-18(21)13-17/h3-4,6-9,12-13H,5,10-11,14-15H2,1-2H3,(H,22,24). The maximum absolute atomic E-state index is 12.2. The van der Waals surface area contributed by atoms with Gasteiger partial charge in [-0.2, -0.15) is 11.8 Å². The van der Waals surface area contributed by atoms with Crippen LogP contribution in [-0.4, -0.2) is 39.4 Å². The summed E-state index contributed by atoms with van der Waals surface area (Å²) in [5, 5.41) is 3.53. The van der Waals surface area contributed by atoms with E-state index < -0.39 is 10.0 Å². The molecule has 0 saturated heterocycles. The van der Waals surface area contributed by atoms with Gasteiger partial charge in [0, 0.05) is 17.3 Å². The van der Waals surface area contributed by atoms with E-state index in [1.54, 1.807) is 30.0 Å². The Kier molecular flexibility index (Phi) is 8.66. The lowest BCUT2D eigenvalue weighted by molar-refractivity contribution is -0.119. The second-order valence-corrected chi connectivity index (χ2v) is 9.94. The Bertz CT molecular complexity index is 904. The highest BCUT2D eigenvalue weighted by atomic mass is 35.5. The summed E-state index contributed by atoms with van der Waals surface area (Å²) >= 11 is 7.73. The number of hydrogen-bond acceptors (Lipinski definition) is 4. The third kappa shape index (κ3) is 7.73. The molecule has 8 heteroatoms. The summed E-state index contributed by atoms with van der Waals surface area (Å²) < 4.78 is 25.3. The van der Waals surface area contributed by atoms with E-state index in [9.17, 15) is 13.2 Å². The van der Waals surface area contributed by atoms with Crippen LogP contribution >= 0.6 is 23.4 Å². The third-order valence-electron chi connectivity index (χ3n) is 3.92. The van der Waals surface area contributed by atoms with Crippen LogP contribution in [0.5, 0.6) is 0 Å². The van der Waals surface area contributed by atoms with E-state index in [0.717, 1.165) is 39.1 Å². The average molecular weight is 441 g/mol. The first kappa shape index (κ1) is 22.6. The Morgan fingerprint density at radius 1 is 1.18 bits per heavy atom. The predicted octanol–water partition coefficient (Wildman–Crippen LogP) is 3.85. The van der Waals surface area contributed by atoms with Crippen LogP contribution in [0.15, 0.2) is 48.5 Å². The van der Waals surface area contributed by atoms with Crippen molar-refractivity contribution in [3.05, 3.63) is 64.7 Å². The van der Waals surface area contributed by atoms with Gasteiger partial charge in [0.1, 0.15) is 6.54 Å². The summed E-state index contributed by atoms with van der Waals surface area (Å²) in [6.07, 6.45) is 1.91. The van der Waals surface area contributed by atoms with E-state index >= 15 is 0 Å². The Morgan fingerprint density at radius 2 is 1.93 bits per heavy atom. The summed E-state index contributed by atoms with van der Waals surface area (Å²) in [7, 11) is -3.55. The van der Waals surface area contributed by atoms with E-state index in [2.05, 4.69) is 5.32 Å². The van der Waals surface area contributed by atoms with E-state index in [1.807, 2.05) is 37.3 Å². The van der Waals surface area contributed by atoms with Gasteiger partial charge in [-0.25, -0.2) is 8.42 Å². The van der Waals surface area contributed by atoms with E-state index in [4.69, 9.17) is 11.6 Å². The number of carbonyl (C=O) groups excluding carboxylic acids is 1. The highest BCUT2D eigenvalue weighted by Crippen LogP contribution is 2.19. The molecular weight excluding hydrogens is 416 g/mol. The number of amides is 1. The third-order valence-corrected chi connectivity index (χ3v) is 6.41. The molecule has 1 amide bonds. The lowest BCUT2D eigenvalue weighted by Gasteiger charge is -2.22. The molecule has 0 unspecified atom stereocenters. The first-order chi connectivity index (χ1) is 13.3. The van der Waals surface area contributed by atoms with Gasteiger partial charge < -0.3 is 5.32 Å². The van der Waals surface area contributed by atoms with Crippen molar-refractivity contribution in [3.63, 3.8) is 0 Å². The van der Waals surface area contributed by atoms with Crippen molar-refractivity contribution in [2.75, 3.05) is 29.4 Å². The number of hydrogen-bond donors (Lipinski definition) is 1. The van der Waals surface area contributed by atoms with Crippen LogP contribution in [0.25, 0.3) is 0 Å². The normalized spacial score (nSPS) is 11.2. The van der Waals surface area contributed by atoms with Crippen molar-refractivity contribution in [2.24, 2.45) is 0 Å². The van der Waals surface area contributed by atoms with E-state index in [0.29, 0.717) is 12.2 Å². The van der Waals surface area contributed by atoms with Crippen molar-refractivity contribution < 1.29 is 13.2 Å². The SMILES string of the molecule is Cc1cccc(N(CC(=O)NCCCSCc2cccc(Cl)c2)S(C)(=O)=O)c1. The number of rotatable bonds is 10. The zero-order valence-electron chi connectivity index (χ0n) is 16.0. The Balaban J connectivity index is 1.75. The van der Waals surface area contributed by atoms with Crippen LogP contribution in [0.2, 0.25) is 5.02 Å². The first-order valence-electron chi connectivity index (χ1n) is 8.89. The number of carbonyl (C=O) groups is 1. The molecule has 0 aliphatic carbocycles. The van der Waals surface area contributed by atoms with Crippen LogP contribution in [0, 0.1) is 6.92 Å². The molecule has 0 heterocycles. The molecule has 0 radical (unpaired) electrons. The fourth-order valence-electron chi connectivity index (χ4n) is 2.59. The topological polar surface area (TPSA) is 66.5 Å². The summed E-state index contributed by atoms with van der Waals surface area (Å²) in [6, 6.07) is 14.9. The average Bonchev–Trinajstić information content (AvgIpc) is 2.61. The zero-order valence-corrected chi connectivity index (χ0v) is 18.4. The zero-order chi connectivity index (χ0) is 20.6. The Labute approximate surface area is 176 Å². The fraction of sp³-hybridized carbons (Fsp3) is 0.350. The quantitative estimate of drug-likeness (QED) is 0.570. The molecule has 0 atom stereocenters. The second-order valence-electron chi connectivity index (χ2n) is 6.49. The molecule has 2 aromatic rings. The molecule has 0 spiro atoms. The van der Waals surface area contributed by atoms with Crippen molar-refractivity contribution >= 4 is 45.0 Å². The second kappa shape index (κ2) is 10.7. The molecular formula is C20H25ClN2O3S2. The lowest BCUT2D eigenvalue weighted by atomic mass is 10.2. The number of anilines is 1. The molecule has 0 aliphatic heterocycles. The van der Waals surface area contributed by atoms with Crippen LogP contribution < -0.4 is 9.62 Å². The van der Waals surface area contributed by atoms with Crippen molar-refractivity contribution in [2.45, 2.75) is 19.1 Å². The van der Waals surface area contributed by atoms with Gasteiger partial charge in [0.25, 0.3) is 0 Å². The molecule has 28 heavy (non-hydrogen) atoms. The summed E-state index contributed by atoms with van der Waals surface area (Å²) in [5.74, 6) is 1.44. The Morgan fingerprint density at radius 3 is 2.61 bits per heavy atom. The molecule has 0 aliphatic rings. The predicted molar refractivity (Wildman–Crippen MR) is 119 cm³/mol. The fourth-order valence-corrected chi connectivity index (χ4v) is 4.56. The minimum absolute atomic E-state index is 0.224. The number of benzene rings is 2. The molecule has 0 bridgehead atoms. The number of nitrogens with one attached hydrogen (secondary N) is 1. The maximum Gasteiger partial charge on any atom is 0.240 e. The molecule has 152 valence electrons. The Hall–Kier alpha value is -1.70. The van der Waals surface area contributed by atoms with Crippen LogP contribution in [0.4, 0.5) is 5.69 Å². The monoisotopic (exact) mass is 440 g/mol. The summed E-state index contributed by atoms with van der Waals surface area (Å²) in [6.45, 7) is 2.16. The molecule has 0 aromatic heterocycles. The lowest BCUT2D eigenvalue weighted by Crippen LogP contribution is -2.40. The van der Waals surface area contributed by atoms with Crippen molar-refractivity contribution in [1.29, 1.82) is 0 Å². The van der Waals surface area contributed by atoms with Gasteiger partial charge in [0.05, 0.1) is 11.9 Å². The number of halogens is 1. The van der Waals surface area contributed by atoms with E-state index in [-0.39, 0.29) is 12.5 Å². The van der Waals surface area contributed by atoms with Gasteiger partial charge in [0.2, 0.25) is 15.9 Å². The number of aryl methyl sites for hydroxylation is 1. The molecule has 1 N–H and O–H groups in total. The molecule has 0 saturated carbocycles. The number of thioether (sulfide) groups is 1.